The van der Waals surface area contributed by atoms with Crippen LogP contribution in [0.4, 0.5) is 4.79 Å². The van der Waals surface area contributed by atoms with Crippen LogP contribution in [-0.2, 0) is 0 Å². The van der Waals surface area contributed by atoms with E-state index < -0.39 is 6.16 Å². The summed E-state index contributed by atoms with van der Waals surface area (Å²) >= 11 is 0. The molecule has 0 aromatic heterocycles. The molecule has 8 heavy (non-hydrogen) atoms. The fraction of sp³-hybridized carbons (Fsp3) is 0.333. The normalized spacial score (nSPS) is 4.00. The summed E-state index contributed by atoms with van der Waals surface area (Å²) in [5.74, 6) is 0. The molecule has 0 aromatic rings. The van der Waals surface area contributed by atoms with Crippen molar-refractivity contribution in [3.63, 3.8) is 0 Å². The zero-order valence-electron chi connectivity index (χ0n) is 3.75. The Morgan fingerprint density at radius 1 is 1.62 bits per heavy atom. The molecule has 0 aliphatic rings. The van der Waals surface area contributed by atoms with E-state index in [9.17, 15) is 0 Å². The van der Waals surface area contributed by atoms with Gasteiger partial charge in [0.1, 0.15) is 0 Å². The van der Waals surface area contributed by atoms with E-state index in [0.717, 1.165) is 0 Å². The SMILES string of the molecule is CC#N.O=C(O)O.[NaH]. The molecule has 0 spiro atoms. The van der Waals surface area contributed by atoms with Gasteiger partial charge in [-0.25, -0.2) is 4.79 Å². The van der Waals surface area contributed by atoms with Crippen LogP contribution in [0.1, 0.15) is 6.92 Å². The van der Waals surface area contributed by atoms with Crippen LogP contribution in [-0.4, -0.2) is 45.9 Å². The number of nitriles is 1. The number of nitrogens with zero attached hydrogens (tertiary/aromatic N) is 1. The summed E-state index contributed by atoms with van der Waals surface area (Å²) in [7, 11) is 0. The van der Waals surface area contributed by atoms with Gasteiger partial charge in [-0.2, -0.15) is 5.26 Å². The van der Waals surface area contributed by atoms with Crippen LogP contribution in [0.5, 0.6) is 0 Å². The third-order valence-electron chi connectivity index (χ3n) is 0. The minimum atomic E-state index is -1.83. The van der Waals surface area contributed by atoms with Gasteiger partial charge >= 0.3 is 35.7 Å². The fourth-order valence-electron chi connectivity index (χ4n) is 0. The van der Waals surface area contributed by atoms with Crippen LogP contribution in [0.25, 0.3) is 0 Å². The molecule has 0 atom stereocenters. The molecule has 0 radical (unpaired) electrons. The molecule has 0 saturated heterocycles. The summed E-state index contributed by atoms with van der Waals surface area (Å²) < 4.78 is 0. The van der Waals surface area contributed by atoms with Crippen molar-refractivity contribution in [2.45, 2.75) is 6.92 Å². The first-order chi connectivity index (χ1) is 3.15. The predicted octanol–water partition coefficient (Wildman–Crippen LogP) is 0.104. The second-order valence-electron chi connectivity index (χ2n) is 0.506. The maximum atomic E-state index is 8.56. The summed E-state index contributed by atoms with van der Waals surface area (Å²) in [6.07, 6.45) is -1.83. The van der Waals surface area contributed by atoms with E-state index >= 15 is 0 Å². The van der Waals surface area contributed by atoms with Gasteiger partial charge in [0.25, 0.3) is 0 Å². The molecule has 0 fully saturated rings. The zero-order chi connectivity index (χ0) is 6.28. The first-order valence-electron chi connectivity index (χ1n) is 1.37. The average molecular weight is 127 g/mol. The monoisotopic (exact) mass is 127 g/mol. The molecule has 0 saturated carbocycles. The standard InChI is InChI=1S/C2H3N.CH2O3.Na.H/c1-2-3;2-1(3)4;;/h1H3;(H2,2,3,4);;. The van der Waals surface area contributed by atoms with Crippen LogP contribution in [0, 0.1) is 11.3 Å². The molecule has 4 nitrogen and oxygen atoms in total. The Balaban J connectivity index is -0.0000000575. The van der Waals surface area contributed by atoms with Gasteiger partial charge in [0, 0.05) is 6.92 Å². The van der Waals surface area contributed by atoms with E-state index in [1.54, 1.807) is 6.07 Å². The second kappa shape index (κ2) is 15.9. The van der Waals surface area contributed by atoms with E-state index in [4.69, 9.17) is 20.3 Å². The number of carbonyl (C=O) groups is 1. The summed E-state index contributed by atoms with van der Waals surface area (Å²) in [5.41, 5.74) is 0. The van der Waals surface area contributed by atoms with Crippen molar-refractivity contribution in [2.75, 3.05) is 0 Å². The fourth-order valence-corrected chi connectivity index (χ4v) is 0. The first-order valence-corrected chi connectivity index (χ1v) is 1.37. The molecular weight excluding hydrogens is 121 g/mol. The topological polar surface area (TPSA) is 81.3 Å². The van der Waals surface area contributed by atoms with Crippen LogP contribution >= 0.6 is 0 Å². The Morgan fingerprint density at radius 2 is 1.62 bits per heavy atom. The molecular formula is C3H6NNaO3. The van der Waals surface area contributed by atoms with Crippen LogP contribution in [0.3, 0.4) is 0 Å². The van der Waals surface area contributed by atoms with Gasteiger partial charge < -0.3 is 10.2 Å². The number of carboxylic acid groups (broad SMARTS) is 2. The molecule has 0 aliphatic heterocycles. The van der Waals surface area contributed by atoms with Crippen molar-refractivity contribution in [2.24, 2.45) is 0 Å². The summed E-state index contributed by atoms with van der Waals surface area (Å²) in [5, 5.41) is 21.3. The molecule has 5 heteroatoms. The van der Waals surface area contributed by atoms with Gasteiger partial charge in [-0.1, -0.05) is 0 Å². The molecule has 0 rings (SSSR count). The van der Waals surface area contributed by atoms with Gasteiger partial charge in [0.05, 0.1) is 6.07 Å². The molecule has 0 unspecified atom stereocenters. The van der Waals surface area contributed by atoms with Crippen molar-refractivity contribution in [3.8, 4) is 6.07 Å². The molecule has 0 amide bonds. The first kappa shape index (κ1) is 15.7. The Hall–Kier alpha value is -0.240. The zero-order valence-corrected chi connectivity index (χ0v) is 3.75. The second-order valence-corrected chi connectivity index (χ2v) is 0.506. The van der Waals surface area contributed by atoms with Gasteiger partial charge in [0.15, 0.2) is 0 Å². The molecule has 0 heterocycles. The molecule has 0 bridgehead atoms. The van der Waals surface area contributed by atoms with E-state index in [1.807, 2.05) is 0 Å². The van der Waals surface area contributed by atoms with Crippen LogP contribution in [0.2, 0.25) is 0 Å². The molecule has 0 aromatic carbocycles. The third kappa shape index (κ3) is 2270. The van der Waals surface area contributed by atoms with E-state index in [-0.39, 0.29) is 29.6 Å². The summed E-state index contributed by atoms with van der Waals surface area (Å²) in [6.45, 7) is 1.43. The van der Waals surface area contributed by atoms with Gasteiger partial charge in [0.2, 0.25) is 0 Å². The average Bonchev–Trinajstić information content (AvgIpc) is 1.33. The number of hydrogen-bond donors (Lipinski definition) is 2. The Kier molecular flexibility index (Phi) is 31.0. The Bertz CT molecular complexity index is 83.0. The van der Waals surface area contributed by atoms with Gasteiger partial charge in [-0.3, -0.25) is 0 Å². The van der Waals surface area contributed by atoms with E-state index in [1.165, 1.54) is 6.92 Å². The van der Waals surface area contributed by atoms with Gasteiger partial charge in [-0.05, 0) is 0 Å². The third-order valence-corrected chi connectivity index (χ3v) is 0. The van der Waals surface area contributed by atoms with Crippen molar-refractivity contribution < 1.29 is 15.0 Å². The van der Waals surface area contributed by atoms with E-state index in [2.05, 4.69) is 0 Å². The Morgan fingerprint density at radius 3 is 1.62 bits per heavy atom. The predicted molar refractivity (Wildman–Crippen MR) is 29.1 cm³/mol. The van der Waals surface area contributed by atoms with Crippen molar-refractivity contribution in [1.29, 1.82) is 5.26 Å². The maximum absolute atomic E-state index is 8.56. The van der Waals surface area contributed by atoms with Crippen LogP contribution in [0.15, 0.2) is 0 Å². The van der Waals surface area contributed by atoms with Crippen molar-refractivity contribution in [1.82, 2.24) is 0 Å². The number of hydrogen-bond acceptors (Lipinski definition) is 2. The molecule has 0 aliphatic carbocycles. The summed E-state index contributed by atoms with van der Waals surface area (Å²) in [4.78, 5) is 8.56. The van der Waals surface area contributed by atoms with Crippen LogP contribution < -0.4 is 0 Å². The minimum absolute atomic E-state index is 0. The van der Waals surface area contributed by atoms with Crippen molar-refractivity contribution in [3.05, 3.63) is 0 Å². The molecule has 42 valence electrons. The quantitative estimate of drug-likeness (QED) is 0.452. The van der Waals surface area contributed by atoms with E-state index in [0.29, 0.717) is 0 Å². The van der Waals surface area contributed by atoms with Crippen molar-refractivity contribution >= 4 is 35.7 Å². The number of rotatable bonds is 0. The Labute approximate surface area is 69.0 Å². The molecule has 2 N–H and O–H groups in total. The van der Waals surface area contributed by atoms with Gasteiger partial charge in [-0.15, -0.1) is 0 Å². The summed E-state index contributed by atoms with van der Waals surface area (Å²) in [6, 6.07) is 1.75.